The number of ether oxygens (including phenoxy) is 2. The first-order valence-corrected chi connectivity index (χ1v) is 7.44. The van der Waals surface area contributed by atoms with Gasteiger partial charge in [0.15, 0.2) is 11.5 Å². The Balaban J connectivity index is 2.17. The van der Waals surface area contributed by atoms with Gasteiger partial charge in [-0.05, 0) is 31.7 Å². The van der Waals surface area contributed by atoms with Crippen molar-refractivity contribution in [3.05, 3.63) is 38.8 Å². The summed E-state index contributed by atoms with van der Waals surface area (Å²) in [6.45, 7) is 3.07. The van der Waals surface area contributed by atoms with Gasteiger partial charge in [-0.25, -0.2) is 4.98 Å². The highest BCUT2D eigenvalue weighted by Crippen LogP contribution is 2.37. The van der Waals surface area contributed by atoms with Crippen LogP contribution in [0.4, 0.5) is 0 Å². The maximum absolute atomic E-state index is 6.27. The van der Waals surface area contributed by atoms with Crippen LogP contribution in [0.15, 0.2) is 17.5 Å². The minimum Gasteiger partial charge on any atom is -0.493 e. The average Bonchev–Trinajstić information content (AvgIpc) is 2.83. The predicted molar refractivity (Wildman–Crippen MR) is 82.0 cm³/mol. The third-order valence-corrected chi connectivity index (χ3v) is 3.90. The quantitative estimate of drug-likeness (QED) is 0.887. The summed E-state index contributed by atoms with van der Waals surface area (Å²) < 4.78 is 11.1. The highest BCUT2D eigenvalue weighted by atomic mass is 35.5. The van der Waals surface area contributed by atoms with Crippen LogP contribution in [-0.2, 0) is 13.2 Å². The Kier molecular flexibility index (Phi) is 5.23. The van der Waals surface area contributed by atoms with Crippen LogP contribution < -0.4 is 14.8 Å². The Morgan fingerprint density at radius 1 is 1.40 bits per heavy atom. The van der Waals surface area contributed by atoms with E-state index in [4.69, 9.17) is 21.1 Å². The molecular weight excluding hydrogens is 296 g/mol. The third kappa shape index (κ3) is 3.62. The normalized spacial score (nSPS) is 10.6. The van der Waals surface area contributed by atoms with Gasteiger partial charge in [0.1, 0.15) is 11.6 Å². The molecule has 6 heteroatoms. The second kappa shape index (κ2) is 6.92. The highest BCUT2D eigenvalue weighted by Gasteiger charge is 2.13. The van der Waals surface area contributed by atoms with Crippen molar-refractivity contribution < 1.29 is 9.47 Å². The van der Waals surface area contributed by atoms with Crippen LogP contribution in [0.3, 0.4) is 0 Å². The van der Waals surface area contributed by atoms with Crippen molar-refractivity contribution in [2.75, 3.05) is 14.2 Å². The second-order valence-electron chi connectivity index (χ2n) is 4.31. The standard InChI is InChI=1S/C14H17ClN2O2S/c1-9-8-20-13(17-9)7-19-14-11(15)4-10(6-16-2)5-12(14)18-3/h4-5,8,16H,6-7H2,1-3H3. The largest absolute Gasteiger partial charge is 0.493 e. The number of nitrogens with one attached hydrogen (secondary N) is 1. The molecule has 1 heterocycles. The van der Waals surface area contributed by atoms with Crippen molar-refractivity contribution in [1.29, 1.82) is 0 Å². The topological polar surface area (TPSA) is 43.4 Å². The summed E-state index contributed by atoms with van der Waals surface area (Å²) in [5.41, 5.74) is 2.04. The number of rotatable bonds is 6. The van der Waals surface area contributed by atoms with E-state index in [-0.39, 0.29) is 0 Å². The number of aromatic nitrogens is 1. The molecule has 0 bridgehead atoms. The highest BCUT2D eigenvalue weighted by molar-refractivity contribution is 7.09. The Morgan fingerprint density at radius 3 is 2.80 bits per heavy atom. The fourth-order valence-corrected chi connectivity index (χ4v) is 2.79. The first kappa shape index (κ1) is 15.1. The first-order valence-electron chi connectivity index (χ1n) is 6.19. The van der Waals surface area contributed by atoms with Crippen LogP contribution in [0.5, 0.6) is 11.5 Å². The molecule has 0 atom stereocenters. The summed E-state index contributed by atoms with van der Waals surface area (Å²) in [5.74, 6) is 1.19. The molecule has 0 saturated heterocycles. The Bertz CT molecular complexity index is 587. The zero-order valence-electron chi connectivity index (χ0n) is 11.7. The van der Waals surface area contributed by atoms with E-state index < -0.39 is 0 Å². The Morgan fingerprint density at radius 2 is 2.20 bits per heavy atom. The van der Waals surface area contributed by atoms with E-state index in [0.29, 0.717) is 23.1 Å². The minimum absolute atomic E-state index is 0.389. The molecule has 0 unspecified atom stereocenters. The van der Waals surface area contributed by atoms with E-state index in [1.165, 1.54) is 0 Å². The van der Waals surface area contributed by atoms with Gasteiger partial charge in [0.05, 0.1) is 12.1 Å². The fraction of sp³-hybridized carbons (Fsp3) is 0.357. The van der Waals surface area contributed by atoms with E-state index in [2.05, 4.69) is 10.3 Å². The lowest BCUT2D eigenvalue weighted by molar-refractivity contribution is 0.284. The van der Waals surface area contributed by atoms with Gasteiger partial charge in [0, 0.05) is 17.6 Å². The SMILES string of the molecule is CNCc1cc(Cl)c(OCc2nc(C)cs2)c(OC)c1. The average molecular weight is 313 g/mol. The van der Waals surface area contributed by atoms with Gasteiger partial charge >= 0.3 is 0 Å². The molecule has 0 saturated carbocycles. The van der Waals surface area contributed by atoms with Crippen LogP contribution in [0, 0.1) is 6.92 Å². The van der Waals surface area contributed by atoms with Crippen LogP contribution >= 0.6 is 22.9 Å². The maximum Gasteiger partial charge on any atom is 0.180 e. The summed E-state index contributed by atoms with van der Waals surface area (Å²) in [6.07, 6.45) is 0. The Hall–Kier alpha value is -1.30. The molecule has 0 spiro atoms. The molecule has 0 aliphatic rings. The molecule has 108 valence electrons. The molecule has 0 aliphatic carbocycles. The van der Waals surface area contributed by atoms with Gasteiger partial charge in [-0.1, -0.05) is 11.6 Å². The number of nitrogens with zero attached hydrogens (tertiary/aromatic N) is 1. The lowest BCUT2D eigenvalue weighted by atomic mass is 10.2. The fourth-order valence-electron chi connectivity index (χ4n) is 1.82. The summed E-state index contributed by atoms with van der Waals surface area (Å²) in [4.78, 5) is 4.36. The zero-order valence-corrected chi connectivity index (χ0v) is 13.3. The minimum atomic E-state index is 0.389. The molecule has 0 fully saturated rings. The molecule has 1 N–H and O–H groups in total. The number of halogens is 1. The number of methoxy groups -OCH3 is 1. The van der Waals surface area contributed by atoms with E-state index in [1.807, 2.05) is 31.5 Å². The number of hydrogen-bond donors (Lipinski definition) is 1. The molecule has 4 nitrogen and oxygen atoms in total. The Labute approximate surface area is 127 Å². The summed E-state index contributed by atoms with van der Waals surface area (Å²) in [6, 6.07) is 3.80. The van der Waals surface area contributed by atoms with E-state index in [9.17, 15) is 0 Å². The van der Waals surface area contributed by atoms with Gasteiger partial charge in [-0.3, -0.25) is 0 Å². The van der Waals surface area contributed by atoms with Crippen molar-refractivity contribution in [2.45, 2.75) is 20.1 Å². The summed E-state index contributed by atoms with van der Waals surface area (Å²) in [7, 11) is 3.49. The molecule has 2 aromatic rings. The van der Waals surface area contributed by atoms with Crippen molar-refractivity contribution in [3.63, 3.8) is 0 Å². The molecule has 20 heavy (non-hydrogen) atoms. The lowest BCUT2D eigenvalue weighted by Crippen LogP contribution is -2.06. The van der Waals surface area contributed by atoms with Gasteiger partial charge in [0.2, 0.25) is 0 Å². The summed E-state index contributed by atoms with van der Waals surface area (Å²) in [5, 5.41) is 6.53. The van der Waals surface area contributed by atoms with Crippen LogP contribution in [0.25, 0.3) is 0 Å². The molecule has 1 aromatic carbocycles. The van der Waals surface area contributed by atoms with Crippen LogP contribution in [0.2, 0.25) is 5.02 Å². The molecular formula is C14H17ClN2O2S. The van der Waals surface area contributed by atoms with Crippen molar-refractivity contribution in [2.24, 2.45) is 0 Å². The van der Waals surface area contributed by atoms with Crippen molar-refractivity contribution in [1.82, 2.24) is 10.3 Å². The molecule has 1 aromatic heterocycles. The van der Waals surface area contributed by atoms with Gasteiger partial charge in [0.25, 0.3) is 0 Å². The van der Waals surface area contributed by atoms with Gasteiger partial charge in [-0.15, -0.1) is 11.3 Å². The maximum atomic E-state index is 6.27. The smallest absolute Gasteiger partial charge is 0.180 e. The number of aryl methyl sites for hydroxylation is 1. The first-order chi connectivity index (χ1) is 9.63. The molecule has 0 radical (unpaired) electrons. The molecule has 2 rings (SSSR count). The van der Waals surface area contributed by atoms with E-state index in [0.717, 1.165) is 22.8 Å². The van der Waals surface area contributed by atoms with E-state index >= 15 is 0 Å². The van der Waals surface area contributed by atoms with Gasteiger partial charge in [-0.2, -0.15) is 0 Å². The second-order valence-corrected chi connectivity index (χ2v) is 5.66. The molecule has 0 amide bonds. The predicted octanol–water partition coefficient (Wildman–Crippen LogP) is 3.41. The monoisotopic (exact) mass is 312 g/mol. The third-order valence-electron chi connectivity index (χ3n) is 2.68. The zero-order chi connectivity index (χ0) is 14.5. The van der Waals surface area contributed by atoms with E-state index in [1.54, 1.807) is 18.4 Å². The number of benzene rings is 1. The lowest BCUT2D eigenvalue weighted by Gasteiger charge is -2.13. The van der Waals surface area contributed by atoms with Crippen molar-refractivity contribution in [3.8, 4) is 11.5 Å². The van der Waals surface area contributed by atoms with Crippen LogP contribution in [-0.4, -0.2) is 19.1 Å². The summed E-state index contributed by atoms with van der Waals surface area (Å²) >= 11 is 7.84. The van der Waals surface area contributed by atoms with Crippen LogP contribution in [0.1, 0.15) is 16.3 Å². The van der Waals surface area contributed by atoms with Gasteiger partial charge < -0.3 is 14.8 Å². The number of hydrogen-bond acceptors (Lipinski definition) is 5. The molecule has 0 aliphatic heterocycles. The van der Waals surface area contributed by atoms with Crippen molar-refractivity contribution >= 4 is 22.9 Å². The number of thiazole rings is 1.